The van der Waals surface area contributed by atoms with E-state index in [0.717, 1.165) is 5.56 Å². The van der Waals surface area contributed by atoms with E-state index >= 15 is 0 Å². The zero-order chi connectivity index (χ0) is 10.6. The quantitative estimate of drug-likeness (QED) is 0.790. The van der Waals surface area contributed by atoms with Crippen LogP contribution in [0.2, 0.25) is 0 Å². The molecule has 0 spiro atoms. The molecule has 1 N–H and O–H groups in total. The first-order valence-electron chi connectivity index (χ1n) is 4.41. The maximum atomic E-state index is 9.03. The molecule has 14 heavy (non-hydrogen) atoms. The molecule has 74 valence electrons. The molecule has 0 heterocycles. The van der Waals surface area contributed by atoms with Crippen LogP contribution < -0.4 is 4.74 Å². The van der Waals surface area contributed by atoms with Crippen LogP contribution in [0.4, 0.5) is 0 Å². The minimum Gasteiger partial charge on any atom is -0.496 e. The second kappa shape index (κ2) is 4.64. The Bertz CT molecular complexity index is 355. The lowest BCUT2D eigenvalue weighted by molar-refractivity contribution is 0.269. The van der Waals surface area contributed by atoms with Crippen LogP contribution in [0, 0.1) is 11.3 Å². The zero-order valence-corrected chi connectivity index (χ0v) is 8.32. The minimum atomic E-state index is -0.0155. The standard InChI is InChI=1S/C11H13NO2/c1-8(7-13)10-5-9(6-12)3-4-11(10)14-2/h3-5,8,13H,7H2,1-2H3/t8-/m0/s1. The van der Waals surface area contributed by atoms with Crippen LogP contribution in [-0.4, -0.2) is 18.8 Å². The van der Waals surface area contributed by atoms with Crippen LogP contribution in [0.25, 0.3) is 0 Å². The van der Waals surface area contributed by atoms with E-state index in [2.05, 4.69) is 6.07 Å². The molecule has 0 amide bonds. The van der Waals surface area contributed by atoms with Crippen LogP contribution in [0.1, 0.15) is 24.0 Å². The van der Waals surface area contributed by atoms with Crippen LogP contribution in [0.3, 0.4) is 0 Å². The summed E-state index contributed by atoms with van der Waals surface area (Å²) in [6.45, 7) is 1.93. The van der Waals surface area contributed by atoms with Crippen LogP contribution in [-0.2, 0) is 0 Å². The molecule has 0 aliphatic heterocycles. The van der Waals surface area contributed by atoms with Gasteiger partial charge >= 0.3 is 0 Å². The third-order valence-corrected chi connectivity index (χ3v) is 2.16. The average molecular weight is 191 g/mol. The average Bonchev–Trinajstić information content (AvgIpc) is 2.27. The van der Waals surface area contributed by atoms with Gasteiger partial charge in [0.1, 0.15) is 5.75 Å². The monoisotopic (exact) mass is 191 g/mol. The van der Waals surface area contributed by atoms with Gasteiger partial charge in [0.15, 0.2) is 0 Å². The first-order chi connectivity index (χ1) is 6.72. The smallest absolute Gasteiger partial charge is 0.122 e. The molecule has 3 heteroatoms. The summed E-state index contributed by atoms with van der Waals surface area (Å²) in [5.41, 5.74) is 1.45. The van der Waals surface area contributed by atoms with Crippen molar-refractivity contribution in [1.82, 2.24) is 0 Å². The minimum absolute atomic E-state index is 0.0155. The predicted octanol–water partition coefficient (Wildman–Crippen LogP) is 1.66. The van der Waals surface area contributed by atoms with Crippen molar-refractivity contribution < 1.29 is 9.84 Å². The largest absolute Gasteiger partial charge is 0.496 e. The van der Waals surface area contributed by atoms with E-state index in [9.17, 15) is 0 Å². The van der Waals surface area contributed by atoms with Crippen molar-refractivity contribution in [3.63, 3.8) is 0 Å². The number of hydrogen-bond donors (Lipinski definition) is 1. The third-order valence-electron chi connectivity index (χ3n) is 2.16. The highest BCUT2D eigenvalue weighted by atomic mass is 16.5. The molecule has 0 radical (unpaired) electrons. The topological polar surface area (TPSA) is 53.2 Å². The Morgan fingerprint density at radius 3 is 2.79 bits per heavy atom. The van der Waals surface area contributed by atoms with Crippen molar-refractivity contribution in [3.8, 4) is 11.8 Å². The van der Waals surface area contributed by atoms with Gasteiger partial charge in [0.2, 0.25) is 0 Å². The molecule has 0 unspecified atom stereocenters. The summed E-state index contributed by atoms with van der Waals surface area (Å²) in [7, 11) is 1.58. The van der Waals surface area contributed by atoms with Gasteiger partial charge in [-0.2, -0.15) is 5.26 Å². The first-order valence-corrected chi connectivity index (χ1v) is 4.41. The number of nitrogens with zero attached hydrogens (tertiary/aromatic N) is 1. The Morgan fingerprint density at radius 2 is 2.29 bits per heavy atom. The molecule has 3 nitrogen and oxygen atoms in total. The molecular weight excluding hydrogens is 178 g/mol. The SMILES string of the molecule is COc1ccc(C#N)cc1[C@@H](C)CO. The summed E-state index contributed by atoms with van der Waals surface area (Å²) in [5.74, 6) is 0.698. The highest BCUT2D eigenvalue weighted by molar-refractivity contribution is 5.43. The summed E-state index contributed by atoms with van der Waals surface area (Å²) in [5, 5.41) is 17.8. The van der Waals surface area contributed by atoms with Crippen molar-refractivity contribution in [2.75, 3.05) is 13.7 Å². The van der Waals surface area contributed by atoms with Gasteiger partial charge in [-0.1, -0.05) is 6.92 Å². The van der Waals surface area contributed by atoms with Gasteiger partial charge in [-0.05, 0) is 18.2 Å². The Morgan fingerprint density at radius 1 is 1.57 bits per heavy atom. The highest BCUT2D eigenvalue weighted by Crippen LogP contribution is 2.26. The lowest BCUT2D eigenvalue weighted by Crippen LogP contribution is -2.02. The van der Waals surface area contributed by atoms with Crippen molar-refractivity contribution in [2.24, 2.45) is 0 Å². The second-order valence-electron chi connectivity index (χ2n) is 3.15. The number of aliphatic hydroxyl groups excluding tert-OH is 1. The van der Waals surface area contributed by atoms with Gasteiger partial charge in [-0.25, -0.2) is 0 Å². The number of nitriles is 1. The van der Waals surface area contributed by atoms with E-state index in [-0.39, 0.29) is 12.5 Å². The number of methoxy groups -OCH3 is 1. The molecule has 1 aromatic carbocycles. The van der Waals surface area contributed by atoms with Gasteiger partial charge in [-0.15, -0.1) is 0 Å². The second-order valence-corrected chi connectivity index (χ2v) is 3.15. The fourth-order valence-electron chi connectivity index (χ4n) is 1.29. The summed E-state index contributed by atoms with van der Waals surface area (Å²) < 4.78 is 5.15. The van der Waals surface area contributed by atoms with Gasteiger partial charge in [0.05, 0.1) is 18.7 Å². The van der Waals surface area contributed by atoms with Gasteiger partial charge < -0.3 is 9.84 Å². The molecule has 0 aromatic heterocycles. The molecule has 1 atom stereocenters. The predicted molar refractivity (Wildman–Crippen MR) is 53.2 cm³/mol. The van der Waals surface area contributed by atoms with E-state index in [0.29, 0.717) is 11.3 Å². The van der Waals surface area contributed by atoms with E-state index in [1.54, 1.807) is 25.3 Å². The molecule has 0 bridgehead atoms. The number of rotatable bonds is 3. The first kappa shape index (κ1) is 10.6. The number of benzene rings is 1. The maximum Gasteiger partial charge on any atom is 0.122 e. The Hall–Kier alpha value is -1.53. The number of ether oxygens (including phenoxy) is 1. The van der Waals surface area contributed by atoms with E-state index in [4.69, 9.17) is 15.1 Å². The van der Waals surface area contributed by atoms with Crippen LogP contribution in [0.15, 0.2) is 18.2 Å². The van der Waals surface area contributed by atoms with Crippen LogP contribution in [0.5, 0.6) is 5.75 Å². The number of hydrogen-bond acceptors (Lipinski definition) is 3. The van der Waals surface area contributed by atoms with Gasteiger partial charge in [0, 0.05) is 18.1 Å². The van der Waals surface area contributed by atoms with Crippen molar-refractivity contribution in [1.29, 1.82) is 5.26 Å². The lowest BCUT2D eigenvalue weighted by Gasteiger charge is -2.13. The summed E-state index contributed by atoms with van der Waals surface area (Å²) >= 11 is 0. The molecule has 0 aliphatic rings. The maximum absolute atomic E-state index is 9.03. The molecule has 1 rings (SSSR count). The normalized spacial score (nSPS) is 11.9. The lowest BCUT2D eigenvalue weighted by atomic mass is 9.99. The van der Waals surface area contributed by atoms with E-state index in [1.165, 1.54) is 0 Å². The zero-order valence-electron chi connectivity index (χ0n) is 8.32. The summed E-state index contributed by atoms with van der Waals surface area (Å²) in [4.78, 5) is 0. The molecule has 0 fully saturated rings. The fraction of sp³-hybridized carbons (Fsp3) is 0.364. The van der Waals surface area contributed by atoms with Gasteiger partial charge in [0.25, 0.3) is 0 Å². The van der Waals surface area contributed by atoms with Crippen molar-refractivity contribution in [2.45, 2.75) is 12.8 Å². The highest BCUT2D eigenvalue weighted by Gasteiger charge is 2.10. The van der Waals surface area contributed by atoms with E-state index in [1.807, 2.05) is 6.92 Å². The molecule has 0 saturated heterocycles. The van der Waals surface area contributed by atoms with Crippen molar-refractivity contribution in [3.05, 3.63) is 29.3 Å². The Labute approximate surface area is 83.6 Å². The molecule has 0 aliphatic carbocycles. The molecule has 0 saturated carbocycles. The summed E-state index contributed by atoms with van der Waals surface area (Å²) in [6, 6.07) is 7.26. The molecule has 1 aromatic rings. The van der Waals surface area contributed by atoms with Crippen LogP contribution >= 0.6 is 0 Å². The third kappa shape index (κ3) is 2.04. The molecular formula is C11H13NO2. The van der Waals surface area contributed by atoms with Crippen molar-refractivity contribution >= 4 is 0 Å². The summed E-state index contributed by atoms with van der Waals surface area (Å²) in [6.07, 6.45) is 0. The van der Waals surface area contributed by atoms with E-state index < -0.39 is 0 Å². The number of aliphatic hydroxyl groups is 1. The fourth-order valence-corrected chi connectivity index (χ4v) is 1.29. The Kier molecular flexibility index (Phi) is 3.49. The van der Waals surface area contributed by atoms with Gasteiger partial charge in [-0.3, -0.25) is 0 Å². The Balaban J connectivity index is 3.16.